The van der Waals surface area contributed by atoms with E-state index in [9.17, 15) is 4.79 Å². The van der Waals surface area contributed by atoms with Gasteiger partial charge in [-0.2, -0.15) is 0 Å². The number of piperazine rings is 1. The van der Waals surface area contributed by atoms with E-state index in [0.29, 0.717) is 16.5 Å². The smallest absolute Gasteiger partial charge is 0.222 e. The summed E-state index contributed by atoms with van der Waals surface area (Å²) in [5, 5.41) is 10.7. The number of amides is 1. The van der Waals surface area contributed by atoms with Gasteiger partial charge in [0, 0.05) is 49.6 Å². The molecule has 2 heterocycles. The fourth-order valence-corrected chi connectivity index (χ4v) is 6.05. The number of aryl methyl sites for hydroxylation is 1. The van der Waals surface area contributed by atoms with Gasteiger partial charge in [-0.1, -0.05) is 83.5 Å². The molecule has 0 saturated carbocycles. The Balaban J connectivity index is 1.15. The molecule has 1 aliphatic heterocycles. The topological polar surface area (TPSA) is 54.3 Å². The Morgan fingerprint density at radius 1 is 0.872 bits per heavy atom. The van der Waals surface area contributed by atoms with Crippen LogP contribution in [0, 0.1) is 6.92 Å². The minimum atomic E-state index is 0.245. The molecule has 9 heteroatoms. The van der Waals surface area contributed by atoms with Gasteiger partial charge in [-0.25, -0.2) is 0 Å². The summed E-state index contributed by atoms with van der Waals surface area (Å²) in [6.45, 7) is 5.44. The highest BCUT2D eigenvalue weighted by Crippen LogP contribution is 2.32. The van der Waals surface area contributed by atoms with E-state index in [0.717, 1.165) is 67.0 Å². The largest absolute Gasteiger partial charge is 0.368 e. The normalized spacial score (nSPS) is 13.6. The lowest BCUT2D eigenvalue weighted by molar-refractivity contribution is -0.131. The zero-order valence-corrected chi connectivity index (χ0v) is 24.2. The number of aromatic nitrogens is 3. The second-order valence-corrected chi connectivity index (χ2v) is 11.4. The SMILES string of the molecule is Cc1ccccc1N1CCN(C(=O)CCCCSc2nnc(-c3ccccc3)n2-c2ccc(Cl)c(Cl)c2)CC1. The Bertz CT molecular complexity index is 1420. The highest BCUT2D eigenvalue weighted by molar-refractivity contribution is 7.99. The molecule has 0 atom stereocenters. The lowest BCUT2D eigenvalue weighted by Crippen LogP contribution is -2.48. The summed E-state index contributed by atoms with van der Waals surface area (Å²) in [7, 11) is 0. The molecule has 0 bridgehead atoms. The first-order chi connectivity index (χ1) is 19.0. The Morgan fingerprint density at radius 3 is 2.36 bits per heavy atom. The highest BCUT2D eigenvalue weighted by Gasteiger charge is 2.22. The van der Waals surface area contributed by atoms with E-state index in [1.165, 1.54) is 11.3 Å². The van der Waals surface area contributed by atoms with Crippen molar-refractivity contribution in [1.29, 1.82) is 0 Å². The fourth-order valence-electron chi connectivity index (χ4n) is 4.81. The molecule has 1 saturated heterocycles. The summed E-state index contributed by atoms with van der Waals surface area (Å²) in [4.78, 5) is 17.2. The number of nitrogens with zero attached hydrogens (tertiary/aromatic N) is 5. The number of rotatable bonds is 9. The number of hydrogen-bond acceptors (Lipinski definition) is 5. The molecule has 1 aromatic heterocycles. The van der Waals surface area contributed by atoms with E-state index in [-0.39, 0.29) is 5.91 Å². The Kier molecular flexibility index (Phi) is 9.12. The van der Waals surface area contributed by atoms with Gasteiger partial charge in [0.15, 0.2) is 11.0 Å². The number of benzene rings is 3. The van der Waals surface area contributed by atoms with Crippen molar-refractivity contribution in [1.82, 2.24) is 19.7 Å². The van der Waals surface area contributed by atoms with E-state index in [2.05, 4.69) is 46.3 Å². The summed E-state index contributed by atoms with van der Waals surface area (Å²) >= 11 is 14.1. The summed E-state index contributed by atoms with van der Waals surface area (Å²) in [6.07, 6.45) is 2.32. The third kappa shape index (κ3) is 6.60. The predicted octanol–water partition coefficient (Wildman–Crippen LogP) is 7.16. The quantitative estimate of drug-likeness (QED) is 0.155. The Labute approximate surface area is 243 Å². The van der Waals surface area contributed by atoms with Gasteiger partial charge in [0.25, 0.3) is 0 Å². The van der Waals surface area contributed by atoms with Crippen LogP contribution < -0.4 is 4.90 Å². The first kappa shape index (κ1) is 27.6. The summed E-state index contributed by atoms with van der Waals surface area (Å²) < 4.78 is 2.02. The van der Waals surface area contributed by atoms with Gasteiger partial charge >= 0.3 is 0 Å². The number of thioether (sulfide) groups is 1. The number of hydrogen-bond donors (Lipinski definition) is 0. The molecule has 0 radical (unpaired) electrons. The fraction of sp³-hybridized carbons (Fsp3) is 0.300. The molecule has 5 rings (SSSR count). The van der Waals surface area contributed by atoms with Gasteiger partial charge in [0.1, 0.15) is 0 Å². The van der Waals surface area contributed by atoms with E-state index >= 15 is 0 Å². The van der Waals surface area contributed by atoms with E-state index in [1.54, 1.807) is 17.8 Å². The zero-order chi connectivity index (χ0) is 27.2. The van der Waals surface area contributed by atoms with Gasteiger partial charge in [-0.05, 0) is 49.6 Å². The van der Waals surface area contributed by atoms with Crippen LogP contribution in [0.3, 0.4) is 0 Å². The maximum absolute atomic E-state index is 12.9. The van der Waals surface area contributed by atoms with Gasteiger partial charge < -0.3 is 9.80 Å². The molecule has 1 aliphatic rings. The van der Waals surface area contributed by atoms with E-state index < -0.39 is 0 Å². The van der Waals surface area contributed by atoms with Gasteiger partial charge in [0.2, 0.25) is 5.91 Å². The van der Waals surface area contributed by atoms with Crippen molar-refractivity contribution < 1.29 is 4.79 Å². The molecule has 3 aromatic carbocycles. The molecule has 0 unspecified atom stereocenters. The van der Waals surface area contributed by atoms with Gasteiger partial charge in [0.05, 0.1) is 15.7 Å². The molecular weight excluding hydrogens is 549 g/mol. The van der Waals surface area contributed by atoms with Crippen LogP contribution in [-0.2, 0) is 4.79 Å². The van der Waals surface area contributed by atoms with Gasteiger partial charge in [-0.15, -0.1) is 10.2 Å². The average molecular weight is 581 g/mol. The maximum atomic E-state index is 12.9. The minimum Gasteiger partial charge on any atom is -0.368 e. The number of carbonyl (C=O) groups is 1. The Morgan fingerprint density at radius 2 is 1.62 bits per heavy atom. The number of carbonyl (C=O) groups excluding carboxylic acids is 1. The molecular formula is C30H31Cl2N5OS. The van der Waals surface area contributed by atoms with Crippen LogP contribution in [0.5, 0.6) is 0 Å². The van der Waals surface area contributed by atoms with Crippen LogP contribution in [0.1, 0.15) is 24.8 Å². The van der Waals surface area contributed by atoms with Gasteiger partial charge in [-0.3, -0.25) is 9.36 Å². The second-order valence-electron chi connectivity index (χ2n) is 9.57. The van der Waals surface area contributed by atoms with E-state index in [1.807, 2.05) is 51.9 Å². The van der Waals surface area contributed by atoms with Crippen LogP contribution in [0.15, 0.2) is 78.0 Å². The third-order valence-corrected chi connectivity index (χ3v) is 8.69. The van der Waals surface area contributed by atoms with Crippen molar-refractivity contribution in [3.8, 4) is 17.1 Å². The molecule has 1 fully saturated rings. The highest BCUT2D eigenvalue weighted by atomic mass is 35.5. The standard InChI is InChI=1S/C30H31Cl2N5OS/c1-22-9-5-6-12-27(22)35-16-18-36(19-17-35)28(38)13-7-8-20-39-30-34-33-29(23-10-3-2-4-11-23)37(30)24-14-15-25(31)26(32)21-24/h2-6,9-12,14-15,21H,7-8,13,16-20H2,1H3. The Hall–Kier alpha value is -3.00. The minimum absolute atomic E-state index is 0.245. The van der Waals surface area contributed by atoms with Crippen molar-refractivity contribution in [2.45, 2.75) is 31.3 Å². The molecule has 0 N–H and O–H groups in total. The molecule has 0 aliphatic carbocycles. The van der Waals surface area contributed by atoms with Crippen LogP contribution in [-0.4, -0.2) is 57.5 Å². The molecule has 6 nitrogen and oxygen atoms in total. The van der Waals surface area contributed by atoms with Crippen LogP contribution in [0.4, 0.5) is 5.69 Å². The first-order valence-corrected chi connectivity index (χ1v) is 14.9. The number of halogens is 2. The second kappa shape index (κ2) is 12.9. The van der Waals surface area contributed by atoms with Crippen LogP contribution in [0.25, 0.3) is 17.1 Å². The lowest BCUT2D eigenvalue weighted by atomic mass is 10.1. The number of anilines is 1. The summed E-state index contributed by atoms with van der Waals surface area (Å²) in [5.74, 6) is 1.83. The molecule has 0 spiro atoms. The monoisotopic (exact) mass is 579 g/mol. The van der Waals surface area contributed by atoms with Crippen molar-refractivity contribution in [3.05, 3.63) is 88.4 Å². The van der Waals surface area contributed by atoms with Crippen molar-refractivity contribution in [3.63, 3.8) is 0 Å². The zero-order valence-electron chi connectivity index (χ0n) is 21.9. The number of para-hydroxylation sites is 1. The van der Waals surface area contributed by atoms with E-state index in [4.69, 9.17) is 23.2 Å². The first-order valence-electron chi connectivity index (χ1n) is 13.2. The summed E-state index contributed by atoms with van der Waals surface area (Å²) in [6, 6.07) is 24.0. The van der Waals surface area contributed by atoms with Crippen LogP contribution in [0.2, 0.25) is 10.0 Å². The maximum Gasteiger partial charge on any atom is 0.222 e. The lowest BCUT2D eigenvalue weighted by Gasteiger charge is -2.37. The van der Waals surface area contributed by atoms with Crippen molar-refractivity contribution >= 4 is 46.6 Å². The average Bonchev–Trinajstić information content (AvgIpc) is 3.39. The molecule has 39 heavy (non-hydrogen) atoms. The molecule has 1 amide bonds. The van der Waals surface area contributed by atoms with Crippen molar-refractivity contribution in [2.24, 2.45) is 0 Å². The predicted molar refractivity (Wildman–Crippen MR) is 161 cm³/mol. The number of unbranched alkanes of at least 4 members (excludes halogenated alkanes) is 1. The summed E-state index contributed by atoms with van der Waals surface area (Å²) in [5.41, 5.74) is 4.37. The van der Waals surface area contributed by atoms with Crippen LogP contribution >= 0.6 is 35.0 Å². The third-order valence-electron chi connectivity index (χ3n) is 6.93. The molecule has 4 aromatic rings. The molecule has 202 valence electrons. The van der Waals surface area contributed by atoms with Crippen molar-refractivity contribution in [2.75, 3.05) is 36.8 Å².